The van der Waals surface area contributed by atoms with Gasteiger partial charge in [-0.05, 0) is 55.0 Å². The second-order valence-corrected chi connectivity index (χ2v) is 10.6. The lowest BCUT2D eigenvalue weighted by atomic mass is 9.65. The molecule has 8 nitrogen and oxygen atoms in total. The van der Waals surface area contributed by atoms with Gasteiger partial charge in [-0.25, -0.2) is 4.79 Å². The minimum absolute atomic E-state index is 0.00892. The van der Waals surface area contributed by atoms with Crippen LogP contribution in [0, 0.1) is 16.7 Å². The van der Waals surface area contributed by atoms with Crippen molar-refractivity contribution in [3.63, 3.8) is 0 Å². The van der Waals surface area contributed by atoms with Crippen molar-refractivity contribution in [2.75, 3.05) is 5.32 Å². The smallest absolute Gasteiger partial charge is 0.326 e. The van der Waals surface area contributed by atoms with Gasteiger partial charge >= 0.3 is 11.9 Å². The van der Waals surface area contributed by atoms with E-state index in [1.807, 2.05) is 0 Å². The molecule has 192 valence electrons. The Morgan fingerprint density at radius 2 is 1.58 bits per heavy atom. The molecule has 36 heavy (non-hydrogen) atoms. The van der Waals surface area contributed by atoms with Crippen molar-refractivity contribution in [2.24, 2.45) is 16.7 Å². The summed E-state index contributed by atoms with van der Waals surface area (Å²) in [6, 6.07) is 10.1. The van der Waals surface area contributed by atoms with E-state index in [1.54, 1.807) is 63.2 Å². The van der Waals surface area contributed by atoms with Crippen LogP contribution < -0.4 is 10.6 Å². The zero-order valence-electron chi connectivity index (χ0n) is 20.1. The van der Waals surface area contributed by atoms with E-state index in [0.29, 0.717) is 24.1 Å². The molecular formula is C26H28Cl2N2O6. The minimum Gasteiger partial charge on any atom is -0.481 e. The topological polar surface area (TPSA) is 133 Å². The van der Waals surface area contributed by atoms with Crippen LogP contribution in [0.15, 0.2) is 42.5 Å². The van der Waals surface area contributed by atoms with Gasteiger partial charge in [0.2, 0.25) is 5.91 Å². The second kappa shape index (κ2) is 10.5. The van der Waals surface area contributed by atoms with E-state index in [-0.39, 0.29) is 22.0 Å². The van der Waals surface area contributed by atoms with Crippen LogP contribution in [0.2, 0.25) is 10.0 Å². The maximum Gasteiger partial charge on any atom is 0.326 e. The van der Waals surface area contributed by atoms with Gasteiger partial charge < -0.3 is 20.8 Å². The second-order valence-electron chi connectivity index (χ2n) is 9.80. The Kier molecular flexibility index (Phi) is 8.00. The summed E-state index contributed by atoms with van der Waals surface area (Å²) in [5.41, 5.74) is -0.709. The standard InChI is InChI=1S/C26H28Cl2N2O6/c1-25(2)16(11-12-26(25,3)24(35)36)21(31)30-19(23(33)34)13-14-7-9-15(10-8-14)29-22(32)20-17(27)5-4-6-18(20)28/h4-10,16,19H,11-13H2,1-3H3,(H,29,32)(H,30,31)(H,33,34)(H,35,36)/t16-,19+,26-/m0/s1. The fourth-order valence-electron chi connectivity index (χ4n) is 4.68. The molecule has 0 unspecified atom stereocenters. The van der Waals surface area contributed by atoms with E-state index in [9.17, 15) is 29.4 Å². The lowest BCUT2D eigenvalue weighted by Crippen LogP contribution is -2.49. The van der Waals surface area contributed by atoms with Gasteiger partial charge in [-0.3, -0.25) is 14.4 Å². The van der Waals surface area contributed by atoms with Crippen LogP contribution in [0.25, 0.3) is 0 Å². The van der Waals surface area contributed by atoms with Crippen LogP contribution in [0.1, 0.15) is 49.5 Å². The third-order valence-electron chi connectivity index (χ3n) is 7.47. The number of aliphatic carboxylic acids is 2. The summed E-state index contributed by atoms with van der Waals surface area (Å²) in [4.78, 5) is 49.3. The Morgan fingerprint density at radius 3 is 2.08 bits per heavy atom. The third-order valence-corrected chi connectivity index (χ3v) is 8.10. The predicted molar refractivity (Wildman–Crippen MR) is 136 cm³/mol. The molecule has 0 aliphatic heterocycles. The zero-order chi connectivity index (χ0) is 26.8. The quantitative estimate of drug-likeness (QED) is 0.381. The van der Waals surface area contributed by atoms with E-state index in [0.717, 1.165) is 0 Å². The highest BCUT2D eigenvalue weighted by molar-refractivity contribution is 6.40. The molecule has 3 atom stereocenters. The molecular weight excluding hydrogens is 507 g/mol. The first-order valence-corrected chi connectivity index (χ1v) is 12.1. The van der Waals surface area contributed by atoms with Crippen LogP contribution in [-0.2, 0) is 20.8 Å². The number of nitrogens with one attached hydrogen (secondary N) is 2. The number of rotatable bonds is 8. The number of benzene rings is 2. The number of carboxylic acids is 2. The summed E-state index contributed by atoms with van der Waals surface area (Å²) in [7, 11) is 0. The normalized spacial score (nSPS) is 21.4. The van der Waals surface area contributed by atoms with E-state index in [2.05, 4.69) is 10.6 Å². The summed E-state index contributed by atoms with van der Waals surface area (Å²) in [6.45, 7) is 5.09. The Bertz CT molecular complexity index is 1180. The number of amides is 2. The molecule has 0 heterocycles. The number of carboxylic acid groups (broad SMARTS) is 2. The molecule has 2 aromatic rings. The number of carbonyl (C=O) groups excluding carboxylic acids is 2. The predicted octanol–water partition coefficient (Wildman–Crippen LogP) is 4.88. The molecule has 3 rings (SSSR count). The van der Waals surface area contributed by atoms with Crippen molar-refractivity contribution in [2.45, 2.75) is 46.1 Å². The molecule has 0 saturated heterocycles. The minimum atomic E-state index is -1.20. The summed E-state index contributed by atoms with van der Waals surface area (Å²) >= 11 is 12.2. The molecule has 0 spiro atoms. The van der Waals surface area contributed by atoms with Gasteiger partial charge in [0.25, 0.3) is 5.91 Å². The van der Waals surface area contributed by atoms with Crippen LogP contribution in [0.3, 0.4) is 0 Å². The fourth-order valence-corrected chi connectivity index (χ4v) is 5.25. The molecule has 2 amide bonds. The van der Waals surface area contributed by atoms with Crippen LogP contribution >= 0.6 is 23.2 Å². The van der Waals surface area contributed by atoms with Gasteiger partial charge in [0.05, 0.1) is 21.0 Å². The molecule has 4 N–H and O–H groups in total. The highest BCUT2D eigenvalue weighted by Gasteiger charge is 2.58. The number of carbonyl (C=O) groups is 4. The van der Waals surface area contributed by atoms with Crippen LogP contribution in [0.5, 0.6) is 0 Å². The first kappa shape index (κ1) is 27.5. The van der Waals surface area contributed by atoms with Crippen LogP contribution in [-0.4, -0.2) is 40.0 Å². The van der Waals surface area contributed by atoms with Gasteiger partial charge in [-0.15, -0.1) is 0 Å². The monoisotopic (exact) mass is 534 g/mol. The molecule has 1 fully saturated rings. The van der Waals surface area contributed by atoms with Crippen molar-refractivity contribution >= 4 is 52.6 Å². The Labute approximate surface area is 219 Å². The van der Waals surface area contributed by atoms with Gasteiger partial charge in [0.1, 0.15) is 6.04 Å². The maximum absolute atomic E-state index is 13.0. The van der Waals surface area contributed by atoms with E-state index in [4.69, 9.17) is 23.2 Å². The number of hydrogen-bond donors (Lipinski definition) is 4. The van der Waals surface area contributed by atoms with Crippen molar-refractivity contribution < 1.29 is 29.4 Å². The summed E-state index contributed by atoms with van der Waals surface area (Å²) in [6.07, 6.45) is 0.699. The third kappa shape index (κ3) is 5.34. The summed E-state index contributed by atoms with van der Waals surface area (Å²) in [5, 5.41) is 25.1. The molecule has 10 heteroatoms. The molecule has 1 saturated carbocycles. The molecule has 1 aliphatic rings. The number of hydrogen-bond acceptors (Lipinski definition) is 4. The highest BCUT2D eigenvalue weighted by Crippen LogP contribution is 2.56. The maximum atomic E-state index is 13.0. The first-order valence-electron chi connectivity index (χ1n) is 11.4. The zero-order valence-corrected chi connectivity index (χ0v) is 21.6. The van der Waals surface area contributed by atoms with Gasteiger partial charge in [-0.2, -0.15) is 0 Å². The van der Waals surface area contributed by atoms with Crippen molar-refractivity contribution in [3.8, 4) is 0 Å². The molecule has 2 aromatic carbocycles. The molecule has 1 aliphatic carbocycles. The van der Waals surface area contributed by atoms with E-state index < -0.39 is 46.5 Å². The number of anilines is 1. The SMILES string of the molecule is CC1(C)[C@H](C(=O)N[C@H](Cc2ccc(NC(=O)c3c(Cl)cccc3Cl)cc2)C(=O)O)CC[C@@]1(C)C(=O)O. The Morgan fingerprint density at radius 1 is 1.00 bits per heavy atom. The summed E-state index contributed by atoms with van der Waals surface area (Å²) < 4.78 is 0. The number of halogens is 2. The van der Waals surface area contributed by atoms with E-state index in [1.165, 1.54) is 0 Å². The van der Waals surface area contributed by atoms with Crippen molar-refractivity contribution in [1.29, 1.82) is 0 Å². The van der Waals surface area contributed by atoms with Gasteiger partial charge in [0.15, 0.2) is 0 Å². The lowest BCUT2D eigenvalue weighted by molar-refractivity contribution is -0.155. The molecule has 0 aromatic heterocycles. The highest BCUT2D eigenvalue weighted by atomic mass is 35.5. The molecule has 0 radical (unpaired) electrons. The summed E-state index contributed by atoms with van der Waals surface area (Å²) in [5.74, 6) is -3.76. The van der Waals surface area contributed by atoms with Gasteiger partial charge in [0, 0.05) is 18.0 Å². The lowest BCUT2D eigenvalue weighted by Gasteiger charge is -2.38. The first-order chi connectivity index (χ1) is 16.8. The van der Waals surface area contributed by atoms with E-state index >= 15 is 0 Å². The Balaban J connectivity index is 1.68. The average molecular weight is 535 g/mol. The van der Waals surface area contributed by atoms with Crippen molar-refractivity contribution in [1.82, 2.24) is 5.32 Å². The largest absolute Gasteiger partial charge is 0.481 e. The van der Waals surface area contributed by atoms with Gasteiger partial charge in [-0.1, -0.05) is 55.2 Å². The average Bonchev–Trinajstić information content (AvgIpc) is 3.04. The Hall–Kier alpha value is -3.10. The van der Waals surface area contributed by atoms with Crippen molar-refractivity contribution in [3.05, 3.63) is 63.6 Å². The fraction of sp³-hybridized carbons (Fsp3) is 0.385. The molecule has 0 bridgehead atoms. The van der Waals surface area contributed by atoms with Crippen LogP contribution in [0.4, 0.5) is 5.69 Å².